The molecule has 21 heavy (non-hydrogen) atoms. The van der Waals surface area contributed by atoms with Crippen LogP contribution in [0.1, 0.15) is 24.1 Å². The van der Waals surface area contributed by atoms with E-state index in [4.69, 9.17) is 4.42 Å². The Morgan fingerprint density at radius 1 is 1.14 bits per heavy atom. The Labute approximate surface area is 123 Å². The fourth-order valence-corrected chi connectivity index (χ4v) is 2.61. The lowest BCUT2D eigenvalue weighted by Gasteiger charge is -2.18. The highest BCUT2D eigenvalue weighted by molar-refractivity contribution is 5.74. The minimum atomic E-state index is -0.332. The van der Waals surface area contributed by atoms with Gasteiger partial charge in [0.2, 0.25) is 0 Å². The molecule has 4 nitrogen and oxygen atoms in total. The summed E-state index contributed by atoms with van der Waals surface area (Å²) in [5, 5.41) is 3.47. The molecule has 0 aliphatic carbocycles. The summed E-state index contributed by atoms with van der Waals surface area (Å²) in [7, 11) is 1.72. The predicted molar refractivity (Wildman–Crippen MR) is 83.4 cm³/mol. The van der Waals surface area contributed by atoms with Gasteiger partial charge in [-0.15, -0.1) is 0 Å². The van der Waals surface area contributed by atoms with Gasteiger partial charge in [-0.3, -0.25) is 4.57 Å². The molecule has 1 heterocycles. The number of benzene rings is 2. The van der Waals surface area contributed by atoms with Crippen LogP contribution in [0.3, 0.4) is 0 Å². The molecule has 4 heteroatoms. The van der Waals surface area contributed by atoms with Gasteiger partial charge in [-0.1, -0.05) is 43.3 Å². The van der Waals surface area contributed by atoms with Crippen LogP contribution in [0, 0.1) is 0 Å². The van der Waals surface area contributed by atoms with Gasteiger partial charge in [-0.05, 0) is 29.8 Å². The molecule has 1 aromatic heterocycles. The molecular weight excluding hydrogens is 264 g/mol. The van der Waals surface area contributed by atoms with Gasteiger partial charge in [0.25, 0.3) is 0 Å². The van der Waals surface area contributed by atoms with E-state index < -0.39 is 0 Å². The molecule has 0 aliphatic heterocycles. The number of fused-ring (bicyclic) bond motifs is 1. The molecule has 0 radical (unpaired) electrons. The summed E-state index contributed by atoms with van der Waals surface area (Å²) in [6.07, 6.45) is 0. The zero-order valence-corrected chi connectivity index (χ0v) is 12.2. The zero-order valence-electron chi connectivity index (χ0n) is 12.2. The average molecular weight is 282 g/mol. The molecular formula is C17H18N2O2. The largest absolute Gasteiger partial charge is 0.419 e. The first-order valence-electron chi connectivity index (χ1n) is 7.08. The van der Waals surface area contributed by atoms with Crippen molar-refractivity contribution < 1.29 is 4.42 Å². The molecule has 0 amide bonds. The maximum Gasteiger partial charge on any atom is 0.419 e. The lowest BCUT2D eigenvalue weighted by atomic mass is 9.98. The molecule has 0 saturated heterocycles. The van der Waals surface area contributed by atoms with Crippen LogP contribution >= 0.6 is 0 Å². The van der Waals surface area contributed by atoms with Gasteiger partial charge >= 0.3 is 5.76 Å². The smallest absolute Gasteiger partial charge is 0.408 e. The van der Waals surface area contributed by atoms with Crippen molar-refractivity contribution in [2.24, 2.45) is 7.05 Å². The third kappa shape index (κ3) is 2.50. The first-order chi connectivity index (χ1) is 10.2. The molecule has 3 aromatic rings. The van der Waals surface area contributed by atoms with Crippen LogP contribution in [0.5, 0.6) is 0 Å². The molecule has 0 aliphatic rings. The van der Waals surface area contributed by atoms with Crippen LogP contribution in [0.4, 0.5) is 0 Å². The minimum Gasteiger partial charge on any atom is -0.408 e. The van der Waals surface area contributed by atoms with Crippen molar-refractivity contribution in [3.8, 4) is 0 Å². The van der Waals surface area contributed by atoms with Gasteiger partial charge in [-0.25, -0.2) is 4.79 Å². The highest BCUT2D eigenvalue weighted by atomic mass is 16.4. The number of nitrogens with zero attached hydrogens (tertiary/aromatic N) is 1. The van der Waals surface area contributed by atoms with Gasteiger partial charge in [0, 0.05) is 7.05 Å². The van der Waals surface area contributed by atoms with Crippen LogP contribution in [-0.4, -0.2) is 11.1 Å². The molecule has 1 atom stereocenters. The Morgan fingerprint density at radius 3 is 2.62 bits per heavy atom. The van der Waals surface area contributed by atoms with E-state index in [1.54, 1.807) is 7.05 Å². The van der Waals surface area contributed by atoms with Crippen molar-refractivity contribution in [3.63, 3.8) is 0 Å². The van der Waals surface area contributed by atoms with Crippen molar-refractivity contribution in [2.75, 3.05) is 6.54 Å². The fourth-order valence-electron chi connectivity index (χ4n) is 2.61. The average Bonchev–Trinajstić information content (AvgIpc) is 2.80. The molecule has 0 bridgehead atoms. The third-order valence-corrected chi connectivity index (χ3v) is 3.69. The summed E-state index contributed by atoms with van der Waals surface area (Å²) in [6, 6.07) is 16.3. The highest BCUT2D eigenvalue weighted by Crippen LogP contribution is 2.25. The van der Waals surface area contributed by atoms with Crippen LogP contribution < -0.4 is 11.1 Å². The molecule has 0 spiro atoms. The van der Waals surface area contributed by atoms with Crippen LogP contribution in [-0.2, 0) is 7.05 Å². The predicted octanol–water partition coefficient (Wildman–Crippen LogP) is 2.83. The standard InChI is InChI=1S/C17H18N2O2/c1-3-18-16(12-7-5-4-6-8-12)13-9-10-14-15(11-13)21-17(20)19(14)2/h4-11,16,18H,3H2,1-2H3. The van der Waals surface area contributed by atoms with E-state index in [-0.39, 0.29) is 11.8 Å². The number of aromatic nitrogens is 1. The first kappa shape index (κ1) is 13.6. The molecule has 108 valence electrons. The van der Waals surface area contributed by atoms with E-state index in [0.717, 1.165) is 17.6 Å². The lowest BCUT2D eigenvalue weighted by Crippen LogP contribution is -2.21. The number of hydrogen-bond acceptors (Lipinski definition) is 3. The quantitative estimate of drug-likeness (QED) is 0.800. The van der Waals surface area contributed by atoms with Crippen molar-refractivity contribution in [2.45, 2.75) is 13.0 Å². The van der Waals surface area contributed by atoms with E-state index in [9.17, 15) is 4.79 Å². The second-order valence-electron chi connectivity index (χ2n) is 5.06. The van der Waals surface area contributed by atoms with E-state index in [0.29, 0.717) is 5.58 Å². The molecule has 0 fully saturated rings. The van der Waals surface area contributed by atoms with Gasteiger partial charge in [0.1, 0.15) is 0 Å². The summed E-state index contributed by atoms with van der Waals surface area (Å²) in [5.41, 5.74) is 3.72. The topological polar surface area (TPSA) is 47.2 Å². The van der Waals surface area contributed by atoms with Crippen LogP contribution in [0.25, 0.3) is 11.1 Å². The van der Waals surface area contributed by atoms with E-state index >= 15 is 0 Å². The summed E-state index contributed by atoms with van der Waals surface area (Å²) >= 11 is 0. The van der Waals surface area contributed by atoms with Gasteiger partial charge in [0.05, 0.1) is 11.6 Å². The monoisotopic (exact) mass is 282 g/mol. The van der Waals surface area contributed by atoms with Gasteiger partial charge in [0.15, 0.2) is 5.58 Å². The number of hydrogen-bond donors (Lipinski definition) is 1. The van der Waals surface area contributed by atoms with Crippen molar-refractivity contribution >= 4 is 11.1 Å². The van der Waals surface area contributed by atoms with Crippen molar-refractivity contribution in [1.29, 1.82) is 0 Å². The van der Waals surface area contributed by atoms with E-state index in [1.807, 2.05) is 36.4 Å². The second kappa shape index (κ2) is 5.58. The van der Waals surface area contributed by atoms with Crippen LogP contribution in [0.15, 0.2) is 57.7 Å². The number of oxazole rings is 1. The first-order valence-corrected chi connectivity index (χ1v) is 7.08. The van der Waals surface area contributed by atoms with Crippen LogP contribution in [0.2, 0.25) is 0 Å². The van der Waals surface area contributed by atoms with Gasteiger partial charge in [-0.2, -0.15) is 0 Å². The molecule has 3 rings (SSSR count). The highest BCUT2D eigenvalue weighted by Gasteiger charge is 2.15. The van der Waals surface area contributed by atoms with E-state index in [1.165, 1.54) is 10.1 Å². The molecule has 0 saturated carbocycles. The maximum absolute atomic E-state index is 11.6. The summed E-state index contributed by atoms with van der Waals surface area (Å²) in [5.74, 6) is -0.332. The van der Waals surface area contributed by atoms with Crippen molar-refractivity contribution in [1.82, 2.24) is 9.88 Å². The molecule has 1 N–H and O–H groups in total. The lowest BCUT2D eigenvalue weighted by molar-refractivity contribution is 0.527. The second-order valence-corrected chi connectivity index (χ2v) is 5.06. The molecule has 1 unspecified atom stereocenters. The Kier molecular flexibility index (Phi) is 3.62. The Morgan fingerprint density at radius 2 is 1.90 bits per heavy atom. The Balaban J connectivity index is 2.09. The summed E-state index contributed by atoms with van der Waals surface area (Å²) in [6.45, 7) is 2.94. The summed E-state index contributed by atoms with van der Waals surface area (Å²) in [4.78, 5) is 11.6. The Bertz CT molecular complexity index is 803. The number of rotatable bonds is 4. The maximum atomic E-state index is 11.6. The number of aryl methyl sites for hydroxylation is 1. The third-order valence-electron chi connectivity index (χ3n) is 3.69. The molecule has 2 aromatic carbocycles. The Hall–Kier alpha value is -2.33. The minimum absolute atomic E-state index is 0.0890. The SMILES string of the molecule is CCNC(c1ccccc1)c1ccc2c(c1)oc(=O)n2C. The normalized spacial score (nSPS) is 12.7. The summed E-state index contributed by atoms with van der Waals surface area (Å²) < 4.78 is 6.80. The number of nitrogens with one attached hydrogen (secondary N) is 1. The van der Waals surface area contributed by atoms with E-state index in [2.05, 4.69) is 24.4 Å². The zero-order chi connectivity index (χ0) is 14.8. The van der Waals surface area contributed by atoms with Gasteiger partial charge < -0.3 is 9.73 Å². The van der Waals surface area contributed by atoms with Crippen molar-refractivity contribution in [3.05, 3.63) is 70.2 Å². The fraction of sp³-hybridized carbons (Fsp3) is 0.235.